The van der Waals surface area contributed by atoms with Crippen LogP contribution in [-0.4, -0.2) is 33.6 Å². The van der Waals surface area contributed by atoms with Crippen molar-refractivity contribution in [2.45, 2.75) is 31.3 Å². The fraction of sp³-hybridized carbons (Fsp3) is 0.316. The fourth-order valence-corrected chi connectivity index (χ4v) is 4.03. The van der Waals surface area contributed by atoms with Gasteiger partial charge in [0.05, 0.1) is 11.7 Å². The van der Waals surface area contributed by atoms with Crippen LogP contribution in [0, 0.1) is 0 Å². The monoisotopic (exact) mass is 335 g/mol. The summed E-state index contributed by atoms with van der Waals surface area (Å²) in [5.74, 6) is 1.51. The van der Waals surface area contributed by atoms with Crippen molar-refractivity contribution in [2.75, 3.05) is 6.79 Å². The molecule has 1 saturated heterocycles. The molecule has 6 heteroatoms. The molecule has 0 spiro atoms. The minimum atomic E-state index is 0.0414. The van der Waals surface area contributed by atoms with Crippen LogP contribution in [0.1, 0.15) is 35.7 Å². The molecule has 2 bridgehead atoms. The summed E-state index contributed by atoms with van der Waals surface area (Å²) in [5, 5.41) is 0. The summed E-state index contributed by atoms with van der Waals surface area (Å²) in [6.07, 6.45) is 9.75. The van der Waals surface area contributed by atoms with Crippen LogP contribution in [0.15, 0.2) is 36.8 Å². The number of nitrogens with zero attached hydrogens (tertiary/aromatic N) is 3. The Bertz CT molecular complexity index is 880. The lowest BCUT2D eigenvalue weighted by molar-refractivity contribution is -0.129. The quantitative estimate of drug-likeness (QED) is 0.789. The predicted molar refractivity (Wildman–Crippen MR) is 89.9 cm³/mol. The average molecular weight is 335 g/mol. The standard InChI is InChI=1S/C19H17N3O3/c23-19(6-2-12-1-5-17-18(7-12)25-11-24-17)22-13-3-4-16(22)14-9-20-10-21-15(14)8-13/h1-2,5-7,9-10,13,16H,3-4,8,11H2/b6-2+/t13-,16-/m0/s1. The molecule has 3 aliphatic heterocycles. The fourth-order valence-electron chi connectivity index (χ4n) is 4.03. The van der Waals surface area contributed by atoms with Crippen LogP contribution in [-0.2, 0) is 11.2 Å². The second-order valence-corrected chi connectivity index (χ2v) is 6.57. The molecule has 0 unspecified atom stereocenters. The van der Waals surface area contributed by atoms with E-state index in [0.29, 0.717) is 0 Å². The van der Waals surface area contributed by atoms with Crippen LogP contribution in [0.2, 0.25) is 0 Å². The van der Waals surface area contributed by atoms with Crippen molar-refractivity contribution in [3.8, 4) is 11.5 Å². The minimum Gasteiger partial charge on any atom is -0.454 e. The van der Waals surface area contributed by atoms with Crippen molar-refractivity contribution in [3.63, 3.8) is 0 Å². The van der Waals surface area contributed by atoms with E-state index in [1.54, 1.807) is 12.4 Å². The molecular formula is C19H17N3O3. The van der Waals surface area contributed by atoms with E-state index in [1.165, 1.54) is 0 Å². The molecule has 0 aliphatic carbocycles. The van der Waals surface area contributed by atoms with Crippen molar-refractivity contribution >= 4 is 12.0 Å². The number of benzene rings is 1. The predicted octanol–water partition coefficient (Wildman–Crippen LogP) is 2.51. The van der Waals surface area contributed by atoms with Crippen LogP contribution < -0.4 is 9.47 Å². The Morgan fingerprint density at radius 1 is 1.24 bits per heavy atom. The van der Waals surface area contributed by atoms with Gasteiger partial charge in [0.15, 0.2) is 11.5 Å². The average Bonchev–Trinajstić information content (AvgIpc) is 3.23. The van der Waals surface area contributed by atoms with Crippen molar-refractivity contribution in [1.82, 2.24) is 14.9 Å². The Kier molecular flexibility index (Phi) is 3.23. The first-order valence-electron chi connectivity index (χ1n) is 8.48. The van der Waals surface area contributed by atoms with Crippen molar-refractivity contribution in [2.24, 2.45) is 0 Å². The molecule has 5 rings (SSSR count). The first-order chi connectivity index (χ1) is 12.3. The smallest absolute Gasteiger partial charge is 0.247 e. The SMILES string of the molecule is O=C(/C=C/c1ccc2c(c1)OCO2)N1[C@H]2CC[C@H]1c1cncnc1C2. The number of rotatable bonds is 2. The van der Waals surface area contributed by atoms with Crippen molar-refractivity contribution < 1.29 is 14.3 Å². The van der Waals surface area contributed by atoms with Crippen LogP contribution >= 0.6 is 0 Å². The molecule has 2 atom stereocenters. The maximum Gasteiger partial charge on any atom is 0.247 e. The van der Waals surface area contributed by atoms with Gasteiger partial charge in [-0.25, -0.2) is 9.97 Å². The molecule has 2 aromatic rings. The van der Waals surface area contributed by atoms with Crippen molar-refractivity contribution in [3.05, 3.63) is 53.6 Å². The van der Waals surface area contributed by atoms with Gasteiger partial charge in [-0.2, -0.15) is 0 Å². The van der Waals surface area contributed by atoms with Gasteiger partial charge in [0, 0.05) is 30.3 Å². The Morgan fingerprint density at radius 2 is 2.16 bits per heavy atom. The maximum atomic E-state index is 12.8. The van der Waals surface area contributed by atoms with E-state index in [2.05, 4.69) is 9.97 Å². The third-order valence-corrected chi connectivity index (χ3v) is 5.19. The number of carbonyl (C=O) groups excluding carboxylic acids is 1. The Hall–Kier alpha value is -2.89. The van der Waals surface area contributed by atoms with Gasteiger partial charge >= 0.3 is 0 Å². The molecule has 1 fully saturated rings. The zero-order valence-electron chi connectivity index (χ0n) is 13.6. The summed E-state index contributed by atoms with van der Waals surface area (Å²) in [7, 11) is 0. The van der Waals surface area contributed by atoms with E-state index in [4.69, 9.17) is 9.47 Å². The van der Waals surface area contributed by atoms with Gasteiger partial charge in [0.2, 0.25) is 12.7 Å². The molecule has 25 heavy (non-hydrogen) atoms. The van der Waals surface area contributed by atoms with Gasteiger partial charge < -0.3 is 14.4 Å². The molecule has 0 saturated carbocycles. The van der Waals surface area contributed by atoms with E-state index in [9.17, 15) is 4.79 Å². The van der Waals surface area contributed by atoms with Crippen LogP contribution in [0.5, 0.6) is 11.5 Å². The molecule has 126 valence electrons. The van der Waals surface area contributed by atoms with Crippen LogP contribution in [0.3, 0.4) is 0 Å². The number of aromatic nitrogens is 2. The first kappa shape index (κ1) is 14.5. The van der Waals surface area contributed by atoms with E-state index < -0.39 is 0 Å². The van der Waals surface area contributed by atoms with E-state index in [0.717, 1.165) is 47.6 Å². The molecule has 1 aromatic heterocycles. The minimum absolute atomic E-state index is 0.0414. The summed E-state index contributed by atoms with van der Waals surface area (Å²) in [6.45, 7) is 0.250. The molecule has 6 nitrogen and oxygen atoms in total. The summed E-state index contributed by atoms with van der Waals surface area (Å²) in [4.78, 5) is 23.3. The largest absolute Gasteiger partial charge is 0.454 e. The van der Waals surface area contributed by atoms with E-state index in [1.807, 2.05) is 35.4 Å². The third-order valence-electron chi connectivity index (χ3n) is 5.19. The van der Waals surface area contributed by atoms with Gasteiger partial charge in [-0.15, -0.1) is 0 Å². The molecule has 4 heterocycles. The first-order valence-corrected chi connectivity index (χ1v) is 8.48. The summed E-state index contributed by atoms with van der Waals surface area (Å²) in [6, 6.07) is 6.01. The number of hydrogen-bond acceptors (Lipinski definition) is 5. The normalized spacial score (nSPS) is 23.1. The number of ether oxygens (including phenoxy) is 2. The highest BCUT2D eigenvalue weighted by molar-refractivity contribution is 5.92. The van der Waals surface area contributed by atoms with Crippen molar-refractivity contribution in [1.29, 1.82) is 0 Å². The van der Waals surface area contributed by atoms with Gasteiger partial charge in [-0.3, -0.25) is 4.79 Å². The van der Waals surface area contributed by atoms with E-state index in [-0.39, 0.29) is 24.8 Å². The zero-order valence-corrected chi connectivity index (χ0v) is 13.6. The third kappa shape index (κ3) is 2.36. The topological polar surface area (TPSA) is 64.6 Å². The second kappa shape index (κ2) is 5.58. The lowest BCUT2D eigenvalue weighted by atomic mass is 9.99. The van der Waals surface area contributed by atoms with Gasteiger partial charge in [0.25, 0.3) is 0 Å². The second-order valence-electron chi connectivity index (χ2n) is 6.57. The summed E-state index contributed by atoms with van der Waals surface area (Å²) < 4.78 is 10.7. The van der Waals surface area contributed by atoms with Gasteiger partial charge in [0.1, 0.15) is 6.33 Å². The molecule has 3 aliphatic rings. The number of carbonyl (C=O) groups is 1. The molecule has 0 N–H and O–H groups in total. The maximum absolute atomic E-state index is 12.8. The molecular weight excluding hydrogens is 318 g/mol. The molecule has 0 radical (unpaired) electrons. The Morgan fingerprint density at radius 3 is 3.12 bits per heavy atom. The van der Waals surface area contributed by atoms with E-state index >= 15 is 0 Å². The number of amides is 1. The molecule has 1 amide bonds. The Balaban J connectivity index is 1.38. The van der Waals surface area contributed by atoms with Gasteiger partial charge in [-0.1, -0.05) is 6.07 Å². The number of fused-ring (bicyclic) bond motifs is 5. The highest BCUT2D eigenvalue weighted by Gasteiger charge is 2.42. The highest BCUT2D eigenvalue weighted by Crippen LogP contribution is 2.42. The number of hydrogen-bond donors (Lipinski definition) is 0. The lowest BCUT2D eigenvalue weighted by Gasteiger charge is -2.34. The lowest BCUT2D eigenvalue weighted by Crippen LogP contribution is -2.41. The highest BCUT2D eigenvalue weighted by atomic mass is 16.7. The summed E-state index contributed by atoms with van der Waals surface area (Å²) in [5.41, 5.74) is 3.11. The summed E-state index contributed by atoms with van der Waals surface area (Å²) >= 11 is 0. The van der Waals surface area contributed by atoms with Crippen LogP contribution in [0.25, 0.3) is 6.08 Å². The van der Waals surface area contributed by atoms with Crippen LogP contribution in [0.4, 0.5) is 0 Å². The molecule has 1 aromatic carbocycles. The van der Waals surface area contributed by atoms with Gasteiger partial charge in [-0.05, 0) is 36.6 Å². The zero-order chi connectivity index (χ0) is 16.8. The Labute approximate surface area is 145 Å².